The molecule has 0 fully saturated rings. The van der Waals surface area contributed by atoms with Gasteiger partial charge < -0.3 is 18.8 Å². The molecule has 1 atom stereocenters. The van der Waals surface area contributed by atoms with Gasteiger partial charge in [0.2, 0.25) is 0 Å². The van der Waals surface area contributed by atoms with Gasteiger partial charge in [-0.25, -0.2) is 0 Å². The van der Waals surface area contributed by atoms with Crippen molar-refractivity contribution in [1.29, 1.82) is 0 Å². The standard InChI is InChI=1S/C27H35NO4S/c1-5-30-26(29)15-18-27(32-6-2)16-13-23(14-17-27)31-20-19-28-21(3)7-12-25(28)22-8-10-24(33-4)11-9-22/h7-14,16H,5-6,15,17-20H2,1-4H3/t27-/m1/s1. The summed E-state index contributed by atoms with van der Waals surface area (Å²) in [6.45, 7) is 8.25. The van der Waals surface area contributed by atoms with Gasteiger partial charge in [0, 0.05) is 35.7 Å². The third-order valence-electron chi connectivity index (χ3n) is 5.86. The van der Waals surface area contributed by atoms with Gasteiger partial charge in [0.05, 0.1) is 18.8 Å². The fourth-order valence-corrected chi connectivity index (χ4v) is 4.49. The van der Waals surface area contributed by atoms with Gasteiger partial charge in [-0.05, 0) is 81.5 Å². The van der Waals surface area contributed by atoms with Crippen molar-refractivity contribution in [2.24, 2.45) is 0 Å². The van der Waals surface area contributed by atoms with Crippen molar-refractivity contribution in [2.45, 2.75) is 57.1 Å². The third kappa shape index (κ3) is 6.78. The van der Waals surface area contributed by atoms with Gasteiger partial charge in [0.25, 0.3) is 0 Å². The maximum Gasteiger partial charge on any atom is 0.305 e. The Kier molecular flexibility index (Phi) is 9.27. The Labute approximate surface area is 201 Å². The molecule has 0 saturated heterocycles. The molecule has 1 aliphatic rings. The number of allylic oxidation sites excluding steroid dienone is 1. The Balaban J connectivity index is 1.57. The Morgan fingerprint density at radius 3 is 2.55 bits per heavy atom. The number of hydrogen-bond acceptors (Lipinski definition) is 5. The SMILES string of the molecule is CCOC(=O)CC[C@@]1(OCC)C=CC(OCCn2c(C)ccc2-c2ccc(SC)cc2)=CC1. The molecular formula is C27H35NO4S. The highest BCUT2D eigenvalue weighted by Gasteiger charge is 2.30. The van der Waals surface area contributed by atoms with E-state index >= 15 is 0 Å². The summed E-state index contributed by atoms with van der Waals surface area (Å²) in [5.41, 5.74) is 3.15. The van der Waals surface area contributed by atoms with Gasteiger partial charge in [-0.1, -0.05) is 12.1 Å². The fraction of sp³-hybridized carbons (Fsp3) is 0.444. The van der Waals surface area contributed by atoms with Gasteiger partial charge in [-0.15, -0.1) is 11.8 Å². The highest BCUT2D eigenvalue weighted by Crippen LogP contribution is 2.31. The van der Waals surface area contributed by atoms with Crippen molar-refractivity contribution in [3.63, 3.8) is 0 Å². The maximum atomic E-state index is 11.8. The smallest absolute Gasteiger partial charge is 0.305 e. The summed E-state index contributed by atoms with van der Waals surface area (Å²) in [5, 5.41) is 0. The van der Waals surface area contributed by atoms with Crippen LogP contribution in [0.5, 0.6) is 0 Å². The quantitative estimate of drug-likeness (QED) is 0.275. The molecule has 0 radical (unpaired) electrons. The van der Waals surface area contributed by atoms with E-state index in [-0.39, 0.29) is 5.97 Å². The number of rotatable bonds is 12. The van der Waals surface area contributed by atoms with Crippen molar-refractivity contribution in [1.82, 2.24) is 4.57 Å². The topological polar surface area (TPSA) is 49.7 Å². The number of carbonyl (C=O) groups is 1. The summed E-state index contributed by atoms with van der Waals surface area (Å²) in [7, 11) is 0. The van der Waals surface area contributed by atoms with Gasteiger partial charge in [-0.3, -0.25) is 4.79 Å². The zero-order valence-electron chi connectivity index (χ0n) is 20.1. The largest absolute Gasteiger partial charge is 0.492 e. The number of ether oxygens (including phenoxy) is 3. The number of aromatic nitrogens is 1. The number of nitrogens with zero attached hydrogens (tertiary/aromatic N) is 1. The molecule has 1 heterocycles. The van der Waals surface area contributed by atoms with E-state index in [1.165, 1.54) is 21.8 Å². The minimum Gasteiger partial charge on any atom is -0.492 e. The van der Waals surface area contributed by atoms with Crippen LogP contribution in [0.2, 0.25) is 0 Å². The summed E-state index contributed by atoms with van der Waals surface area (Å²) < 4.78 is 19.4. The third-order valence-corrected chi connectivity index (χ3v) is 6.60. The van der Waals surface area contributed by atoms with Gasteiger partial charge in [-0.2, -0.15) is 0 Å². The molecule has 0 N–H and O–H groups in total. The molecule has 1 aliphatic carbocycles. The van der Waals surface area contributed by atoms with Crippen LogP contribution in [-0.2, 0) is 25.5 Å². The van der Waals surface area contributed by atoms with Crippen LogP contribution in [0.4, 0.5) is 0 Å². The Morgan fingerprint density at radius 1 is 1.12 bits per heavy atom. The average Bonchev–Trinajstić information content (AvgIpc) is 3.20. The first-order valence-corrected chi connectivity index (χ1v) is 12.8. The minimum atomic E-state index is -0.471. The average molecular weight is 470 g/mol. The number of esters is 1. The van der Waals surface area contributed by atoms with E-state index in [0.717, 1.165) is 12.3 Å². The van der Waals surface area contributed by atoms with E-state index in [1.807, 2.05) is 26.0 Å². The monoisotopic (exact) mass is 469 g/mol. The molecule has 178 valence electrons. The van der Waals surface area contributed by atoms with Gasteiger partial charge in [0.1, 0.15) is 12.4 Å². The number of thioether (sulfide) groups is 1. The molecule has 0 saturated carbocycles. The van der Waals surface area contributed by atoms with Crippen LogP contribution in [-0.4, -0.2) is 42.2 Å². The molecule has 6 heteroatoms. The molecule has 33 heavy (non-hydrogen) atoms. The summed E-state index contributed by atoms with van der Waals surface area (Å²) >= 11 is 1.75. The lowest BCUT2D eigenvalue weighted by Crippen LogP contribution is -2.32. The summed E-state index contributed by atoms with van der Waals surface area (Å²) in [4.78, 5) is 13.1. The second kappa shape index (κ2) is 12.1. The molecule has 0 unspecified atom stereocenters. The lowest BCUT2D eigenvalue weighted by atomic mass is 9.89. The molecule has 0 aliphatic heterocycles. The van der Waals surface area contributed by atoms with Crippen LogP contribution < -0.4 is 0 Å². The van der Waals surface area contributed by atoms with Crippen molar-refractivity contribution < 1.29 is 19.0 Å². The van der Waals surface area contributed by atoms with Crippen LogP contribution in [0.1, 0.15) is 38.8 Å². The molecule has 1 aromatic carbocycles. The number of carbonyl (C=O) groups excluding carboxylic acids is 1. The van der Waals surface area contributed by atoms with Crippen molar-refractivity contribution in [3.05, 3.63) is 66.1 Å². The van der Waals surface area contributed by atoms with E-state index in [1.54, 1.807) is 11.8 Å². The van der Waals surface area contributed by atoms with Crippen molar-refractivity contribution >= 4 is 17.7 Å². The minimum absolute atomic E-state index is 0.183. The zero-order valence-corrected chi connectivity index (χ0v) is 21.0. The molecule has 0 amide bonds. The Bertz CT molecular complexity index is 977. The second-order valence-corrected chi connectivity index (χ2v) is 8.91. The number of hydrogen-bond donors (Lipinski definition) is 0. The first-order valence-electron chi connectivity index (χ1n) is 11.6. The van der Waals surface area contributed by atoms with E-state index < -0.39 is 5.60 Å². The van der Waals surface area contributed by atoms with E-state index in [4.69, 9.17) is 14.2 Å². The maximum absolute atomic E-state index is 11.8. The Hall–Kier alpha value is -2.44. The Morgan fingerprint density at radius 2 is 1.91 bits per heavy atom. The predicted octanol–water partition coefficient (Wildman–Crippen LogP) is 6.16. The van der Waals surface area contributed by atoms with Crippen molar-refractivity contribution in [2.75, 3.05) is 26.1 Å². The predicted molar refractivity (Wildman–Crippen MR) is 134 cm³/mol. The van der Waals surface area contributed by atoms with E-state index in [2.05, 4.69) is 60.2 Å². The molecule has 3 rings (SSSR count). The normalized spacial score (nSPS) is 17.6. The van der Waals surface area contributed by atoms with Crippen LogP contribution in [0.25, 0.3) is 11.3 Å². The summed E-state index contributed by atoms with van der Waals surface area (Å²) in [6.07, 6.45) is 9.77. The molecule has 0 bridgehead atoms. The molecule has 0 spiro atoms. The lowest BCUT2D eigenvalue weighted by Gasteiger charge is -2.32. The summed E-state index contributed by atoms with van der Waals surface area (Å²) in [6, 6.07) is 13.0. The highest BCUT2D eigenvalue weighted by molar-refractivity contribution is 7.98. The second-order valence-electron chi connectivity index (χ2n) is 8.04. The van der Waals surface area contributed by atoms with Gasteiger partial charge >= 0.3 is 5.97 Å². The van der Waals surface area contributed by atoms with E-state index in [0.29, 0.717) is 39.1 Å². The van der Waals surface area contributed by atoms with Crippen molar-refractivity contribution in [3.8, 4) is 11.3 Å². The number of benzene rings is 1. The van der Waals surface area contributed by atoms with E-state index in [9.17, 15) is 4.79 Å². The molecule has 5 nitrogen and oxygen atoms in total. The summed E-state index contributed by atoms with van der Waals surface area (Å²) in [5.74, 6) is 0.661. The van der Waals surface area contributed by atoms with Gasteiger partial charge in [0.15, 0.2) is 0 Å². The number of aryl methyl sites for hydroxylation is 1. The molecule has 1 aromatic heterocycles. The lowest BCUT2D eigenvalue weighted by molar-refractivity contribution is -0.144. The fourth-order valence-electron chi connectivity index (χ4n) is 4.08. The van der Waals surface area contributed by atoms with Crippen LogP contribution in [0, 0.1) is 6.92 Å². The molecule has 2 aromatic rings. The molecular weight excluding hydrogens is 434 g/mol. The van der Waals surface area contributed by atoms with Crippen LogP contribution in [0.3, 0.4) is 0 Å². The first-order chi connectivity index (χ1) is 16.0. The first kappa shape index (κ1) is 25.2. The van der Waals surface area contributed by atoms with Crippen LogP contribution in [0.15, 0.2) is 65.3 Å². The highest BCUT2D eigenvalue weighted by atomic mass is 32.2. The van der Waals surface area contributed by atoms with Crippen LogP contribution >= 0.6 is 11.8 Å². The zero-order chi connectivity index (χ0) is 23.7.